The van der Waals surface area contributed by atoms with Crippen molar-refractivity contribution in [3.8, 4) is 0 Å². The zero-order chi connectivity index (χ0) is 18.3. The number of hydrogen-bond donors (Lipinski definition) is 1. The molecule has 1 amide bonds. The van der Waals surface area contributed by atoms with Crippen LogP contribution in [-0.2, 0) is 11.8 Å². The van der Waals surface area contributed by atoms with Crippen LogP contribution in [0, 0.1) is 13.8 Å². The number of aromatic nitrogens is 1. The van der Waals surface area contributed by atoms with E-state index in [-0.39, 0.29) is 5.91 Å². The Kier molecular flexibility index (Phi) is 4.17. The van der Waals surface area contributed by atoms with Gasteiger partial charge in [-0.15, -0.1) is 0 Å². The van der Waals surface area contributed by atoms with Gasteiger partial charge in [0.1, 0.15) is 0 Å². The first-order chi connectivity index (χ1) is 12.5. The zero-order valence-electron chi connectivity index (χ0n) is 14.9. The third-order valence-corrected chi connectivity index (χ3v) is 5.21. The van der Waals surface area contributed by atoms with Crippen LogP contribution in [0.1, 0.15) is 16.7 Å². The molecular formula is C21H19N3OS. The van der Waals surface area contributed by atoms with E-state index in [0.717, 1.165) is 33.3 Å². The lowest BCUT2D eigenvalue weighted by atomic mass is 10.1. The van der Waals surface area contributed by atoms with Gasteiger partial charge in [0.15, 0.2) is 5.17 Å². The quantitative estimate of drug-likeness (QED) is 0.673. The number of benzene rings is 2. The van der Waals surface area contributed by atoms with Crippen molar-refractivity contribution in [1.82, 2.24) is 9.88 Å². The predicted molar refractivity (Wildman–Crippen MR) is 110 cm³/mol. The van der Waals surface area contributed by atoms with E-state index >= 15 is 0 Å². The molecule has 0 spiro atoms. The second kappa shape index (κ2) is 6.50. The number of carbonyl (C=O) groups is 1. The van der Waals surface area contributed by atoms with Gasteiger partial charge in [0.05, 0.1) is 10.6 Å². The summed E-state index contributed by atoms with van der Waals surface area (Å²) in [4.78, 5) is 17.6. The second-order valence-corrected chi connectivity index (χ2v) is 7.57. The van der Waals surface area contributed by atoms with E-state index in [2.05, 4.69) is 33.1 Å². The van der Waals surface area contributed by atoms with Gasteiger partial charge in [0, 0.05) is 29.7 Å². The normalized spacial score (nSPS) is 17.4. The van der Waals surface area contributed by atoms with Gasteiger partial charge in [-0.2, -0.15) is 0 Å². The van der Waals surface area contributed by atoms with Crippen molar-refractivity contribution in [3.05, 3.63) is 70.3 Å². The molecular weight excluding hydrogens is 342 g/mol. The Morgan fingerprint density at radius 1 is 1.12 bits per heavy atom. The molecule has 2 aromatic carbocycles. The molecule has 1 aliphatic rings. The molecule has 1 saturated heterocycles. The molecule has 1 aliphatic heterocycles. The molecule has 5 heteroatoms. The minimum atomic E-state index is -0.106. The lowest BCUT2D eigenvalue weighted by Gasteiger charge is -2.00. The highest BCUT2D eigenvalue weighted by atomic mass is 32.2. The van der Waals surface area contributed by atoms with Crippen molar-refractivity contribution < 1.29 is 4.79 Å². The number of aliphatic imine (C=N–C) groups is 1. The molecule has 0 bridgehead atoms. The Bertz CT molecular complexity index is 1070. The van der Waals surface area contributed by atoms with Crippen LogP contribution in [0.15, 0.2) is 58.6 Å². The molecule has 0 unspecified atom stereocenters. The van der Waals surface area contributed by atoms with Gasteiger partial charge in [-0.25, -0.2) is 4.99 Å². The number of nitrogens with zero attached hydrogens (tertiary/aromatic N) is 2. The highest BCUT2D eigenvalue weighted by Crippen LogP contribution is 2.31. The van der Waals surface area contributed by atoms with Crippen LogP contribution in [0.2, 0.25) is 0 Å². The third kappa shape index (κ3) is 3.18. The number of para-hydroxylation sites is 1. The maximum atomic E-state index is 12.4. The number of nitrogens with one attached hydrogen (secondary N) is 1. The van der Waals surface area contributed by atoms with Crippen LogP contribution in [0.25, 0.3) is 17.0 Å². The Hall–Kier alpha value is -2.79. The molecule has 26 heavy (non-hydrogen) atoms. The number of fused-ring (bicyclic) bond motifs is 1. The predicted octanol–water partition coefficient (Wildman–Crippen LogP) is 4.69. The third-order valence-electron chi connectivity index (χ3n) is 4.30. The van der Waals surface area contributed by atoms with Gasteiger partial charge in [-0.3, -0.25) is 4.79 Å². The van der Waals surface area contributed by atoms with Gasteiger partial charge in [0.25, 0.3) is 5.91 Å². The Balaban J connectivity index is 1.67. The number of thioether (sulfide) groups is 1. The number of amides is 1. The van der Waals surface area contributed by atoms with Gasteiger partial charge >= 0.3 is 0 Å². The first-order valence-corrected chi connectivity index (χ1v) is 9.23. The molecule has 3 aromatic rings. The molecule has 1 fully saturated rings. The molecule has 4 rings (SSSR count). The van der Waals surface area contributed by atoms with E-state index in [0.29, 0.717) is 10.1 Å². The summed E-state index contributed by atoms with van der Waals surface area (Å²) in [6.45, 7) is 4.09. The maximum Gasteiger partial charge on any atom is 0.264 e. The van der Waals surface area contributed by atoms with Crippen molar-refractivity contribution >= 4 is 45.5 Å². The highest BCUT2D eigenvalue weighted by Gasteiger charge is 2.24. The van der Waals surface area contributed by atoms with Crippen LogP contribution >= 0.6 is 11.8 Å². The summed E-state index contributed by atoms with van der Waals surface area (Å²) in [5.41, 5.74) is 5.35. The van der Waals surface area contributed by atoms with Crippen LogP contribution in [0.3, 0.4) is 0 Å². The van der Waals surface area contributed by atoms with Crippen molar-refractivity contribution in [3.63, 3.8) is 0 Å². The summed E-state index contributed by atoms with van der Waals surface area (Å²) in [7, 11) is 2.01. The van der Waals surface area contributed by atoms with Crippen LogP contribution < -0.4 is 5.32 Å². The summed E-state index contributed by atoms with van der Waals surface area (Å²) in [5.74, 6) is -0.106. The summed E-state index contributed by atoms with van der Waals surface area (Å²) in [6.07, 6.45) is 3.98. The van der Waals surface area contributed by atoms with Crippen molar-refractivity contribution in [2.45, 2.75) is 13.8 Å². The van der Waals surface area contributed by atoms with Crippen LogP contribution in [-0.4, -0.2) is 15.6 Å². The standard InChI is InChI=1S/C21H19N3OS/c1-13-8-14(2)10-16(9-13)22-21-23-20(25)19(26-21)11-15-12-24(3)18-7-5-4-6-17(15)18/h4-12H,1-3H3,(H,22,23,25)/b19-11-. The largest absolute Gasteiger partial charge is 0.350 e. The molecule has 1 N–H and O–H groups in total. The summed E-state index contributed by atoms with van der Waals surface area (Å²) in [6, 6.07) is 14.3. The van der Waals surface area contributed by atoms with E-state index in [1.54, 1.807) is 0 Å². The number of rotatable bonds is 2. The summed E-state index contributed by atoms with van der Waals surface area (Å²) in [5, 5.41) is 4.62. The fraction of sp³-hybridized carbons (Fsp3) is 0.143. The number of hydrogen-bond acceptors (Lipinski definition) is 3. The average Bonchev–Trinajstić information content (AvgIpc) is 3.08. The highest BCUT2D eigenvalue weighted by molar-refractivity contribution is 8.18. The molecule has 4 nitrogen and oxygen atoms in total. The van der Waals surface area contributed by atoms with Gasteiger partial charge < -0.3 is 9.88 Å². The SMILES string of the molecule is Cc1cc(C)cc(N=C2NC(=O)/C(=C/c3cn(C)c4ccccc34)S2)c1. The minimum absolute atomic E-state index is 0.106. The van der Waals surface area contributed by atoms with Gasteiger partial charge in [-0.1, -0.05) is 24.3 Å². The van der Waals surface area contributed by atoms with E-state index in [9.17, 15) is 4.79 Å². The fourth-order valence-electron chi connectivity index (χ4n) is 3.24. The fourth-order valence-corrected chi connectivity index (χ4v) is 4.07. The first kappa shape index (κ1) is 16.7. The molecule has 0 aliphatic carbocycles. The molecule has 0 saturated carbocycles. The molecule has 0 radical (unpaired) electrons. The monoisotopic (exact) mass is 361 g/mol. The second-order valence-electron chi connectivity index (χ2n) is 6.54. The van der Waals surface area contributed by atoms with Crippen molar-refractivity contribution in [2.75, 3.05) is 0 Å². The Morgan fingerprint density at radius 3 is 2.62 bits per heavy atom. The number of aryl methyl sites for hydroxylation is 3. The van der Waals surface area contributed by atoms with Crippen LogP contribution in [0.4, 0.5) is 5.69 Å². The molecule has 2 heterocycles. The van der Waals surface area contributed by atoms with E-state index in [4.69, 9.17) is 0 Å². The first-order valence-electron chi connectivity index (χ1n) is 8.41. The number of amidine groups is 1. The van der Waals surface area contributed by atoms with E-state index in [1.807, 2.05) is 57.4 Å². The lowest BCUT2D eigenvalue weighted by Crippen LogP contribution is -2.19. The maximum absolute atomic E-state index is 12.4. The molecule has 0 atom stereocenters. The van der Waals surface area contributed by atoms with Gasteiger partial charge in [0.2, 0.25) is 0 Å². The van der Waals surface area contributed by atoms with Crippen LogP contribution in [0.5, 0.6) is 0 Å². The Morgan fingerprint density at radius 2 is 1.85 bits per heavy atom. The summed E-state index contributed by atoms with van der Waals surface area (Å²) < 4.78 is 2.07. The minimum Gasteiger partial charge on any atom is -0.350 e. The van der Waals surface area contributed by atoms with Crippen molar-refractivity contribution in [2.24, 2.45) is 12.0 Å². The number of carbonyl (C=O) groups excluding carboxylic acids is 1. The topological polar surface area (TPSA) is 46.4 Å². The zero-order valence-corrected chi connectivity index (χ0v) is 15.7. The van der Waals surface area contributed by atoms with E-state index in [1.165, 1.54) is 11.8 Å². The summed E-state index contributed by atoms with van der Waals surface area (Å²) >= 11 is 1.38. The molecule has 1 aromatic heterocycles. The average molecular weight is 361 g/mol. The van der Waals surface area contributed by atoms with E-state index < -0.39 is 0 Å². The van der Waals surface area contributed by atoms with Gasteiger partial charge in [-0.05, 0) is 61.0 Å². The molecule has 130 valence electrons. The van der Waals surface area contributed by atoms with Crippen molar-refractivity contribution in [1.29, 1.82) is 0 Å². The lowest BCUT2D eigenvalue weighted by molar-refractivity contribution is -0.115. The smallest absolute Gasteiger partial charge is 0.264 e. The Labute approximate surface area is 156 Å².